The van der Waals surface area contributed by atoms with Crippen LogP contribution in [0.1, 0.15) is 13.8 Å². The molecule has 0 saturated heterocycles. The lowest BCUT2D eigenvalue weighted by molar-refractivity contribution is 0.476. The van der Waals surface area contributed by atoms with Crippen LogP contribution >= 0.6 is 23.2 Å². The Hall–Kier alpha value is -0.600. The molecule has 0 atom stereocenters. The quantitative estimate of drug-likeness (QED) is 0.709. The second kappa shape index (κ2) is 5.95. The number of anilines is 1. The molecule has 13 heavy (non-hydrogen) atoms. The maximum absolute atomic E-state index is 9.13. The van der Waals surface area contributed by atoms with Crippen LogP contribution in [-0.2, 0) is 0 Å². The average molecular weight is 222 g/mol. The molecular formula is C9H13Cl2NO. The highest BCUT2D eigenvalue weighted by Gasteiger charge is 2.04. The maximum Gasteiger partial charge on any atom is 0.152 e. The Balaban J connectivity index is 0.000000671. The highest BCUT2D eigenvalue weighted by Crippen LogP contribution is 2.34. The number of nitrogens with one attached hydrogen (secondary N) is 1. The standard InChI is InChI=1S/C7H7Cl2NO.C2H6/c1-10-4-2-5(8)7(11)6(9)3-4;1-2/h2-3,10-11H,1H3;1-2H3. The van der Waals surface area contributed by atoms with Crippen molar-refractivity contribution in [3.05, 3.63) is 22.2 Å². The molecule has 0 aromatic heterocycles. The summed E-state index contributed by atoms with van der Waals surface area (Å²) in [5.74, 6) is -0.0765. The molecule has 2 nitrogen and oxygen atoms in total. The predicted octanol–water partition coefficient (Wildman–Crippen LogP) is 3.77. The summed E-state index contributed by atoms with van der Waals surface area (Å²) in [6, 6.07) is 3.20. The number of hydrogen-bond acceptors (Lipinski definition) is 2. The summed E-state index contributed by atoms with van der Waals surface area (Å²) in [7, 11) is 1.75. The average Bonchev–Trinajstić information content (AvgIpc) is 2.16. The van der Waals surface area contributed by atoms with Crippen LogP contribution in [0.2, 0.25) is 10.0 Å². The molecule has 0 aliphatic heterocycles. The van der Waals surface area contributed by atoms with Crippen molar-refractivity contribution in [3.8, 4) is 5.75 Å². The molecular weight excluding hydrogens is 209 g/mol. The lowest BCUT2D eigenvalue weighted by Crippen LogP contribution is -1.87. The fraction of sp³-hybridized carbons (Fsp3) is 0.333. The largest absolute Gasteiger partial charge is 0.505 e. The molecule has 0 radical (unpaired) electrons. The maximum atomic E-state index is 9.13. The van der Waals surface area contributed by atoms with E-state index in [4.69, 9.17) is 28.3 Å². The third kappa shape index (κ3) is 3.33. The van der Waals surface area contributed by atoms with Crippen molar-refractivity contribution in [1.29, 1.82) is 0 Å². The van der Waals surface area contributed by atoms with Gasteiger partial charge in [-0.3, -0.25) is 0 Å². The highest BCUT2D eigenvalue weighted by atomic mass is 35.5. The Morgan fingerprint density at radius 2 is 1.54 bits per heavy atom. The first-order valence-corrected chi connectivity index (χ1v) is 4.76. The van der Waals surface area contributed by atoms with Crippen molar-refractivity contribution in [2.24, 2.45) is 0 Å². The van der Waals surface area contributed by atoms with Gasteiger partial charge in [0.1, 0.15) is 0 Å². The summed E-state index contributed by atoms with van der Waals surface area (Å²) in [5.41, 5.74) is 0.776. The van der Waals surface area contributed by atoms with Gasteiger partial charge in [0.15, 0.2) is 5.75 Å². The fourth-order valence-electron chi connectivity index (χ4n) is 0.710. The smallest absolute Gasteiger partial charge is 0.152 e. The van der Waals surface area contributed by atoms with Crippen LogP contribution in [0.4, 0.5) is 5.69 Å². The van der Waals surface area contributed by atoms with Gasteiger partial charge in [-0.2, -0.15) is 0 Å². The zero-order chi connectivity index (χ0) is 10.4. The van der Waals surface area contributed by atoms with Crippen molar-refractivity contribution >= 4 is 28.9 Å². The zero-order valence-electron chi connectivity index (χ0n) is 7.86. The molecule has 74 valence electrons. The molecule has 0 unspecified atom stereocenters. The first-order chi connectivity index (χ1) is 6.15. The lowest BCUT2D eigenvalue weighted by atomic mass is 10.3. The predicted molar refractivity (Wildman–Crippen MR) is 59.0 cm³/mol. The Kier molecular flexibility index (Phi) is 5.67. The van der Waals surface area contributed by atoms with Gasteiger partial charge in [-0.05, 0) is 12.1 Å². The van der Waals surface area contributed by atoms with Gasteiger partial charge in [-0.15, -0.1) is 0 Å². The first-order valence-electron chi connectivity index (χ1n) is 4.01. The van der Waals surface area contributed by atoms with E-state index >= 15 is 0 Å². The number of phenolic OH excluding ortho intramolecular Hbond substituents is 1. The van der Waals surface area contributed by atoms with Crippen LogP contribution in [0, 0.1) is 0 Å². The number of benzene rings is 1. The van der Waals surface area contributed by atoms with Gasteiger partial charge >= 0.3 is 0 Å². The number of halogens is 2. The van der Waals surface area contributed by atoms with Crippen molar-refractivity contribution < 1.29 is 5.11 Å². The van der Waals surface area contributed by atoms with E-state index in [9.17, 15) is 0 Å². The summed E-state index contributed by atoms with van der Waals surface area (Å²) < 4.78 is 0. The molecule has 0 heterocycles. The molecule has 0 spiro atoms. The topological polar surface area (TPSA) is 32.3 Å². The summed E-state index contributed by atoms with van der Waals surface area (Å²) >= 11 is 11.2. The minimum Gasteiger partial charge on any atom is -0.505 e. The third-order valence-corrected chi connectivity index (χ3v) is 1.88. The molecule has 2 N–H and O–H groups in total. The Morgan fingerprint density at radius 1 is 1.15 bits per heavy atom. The third-order valence-electron chi connectivity index (χ3n) is 1.31. The molecule has 0 saturated carbocycles. The van der Waals surface area contributed by atoms with Crippen molar-refractivity contribution in [1.82, 2.24) is 0 Å². The lowest BCUT2D eigenvalue weighted by Gasteiger charge is -2.03. The zero-order valence-corrected chi connectivity index (χ0v) is 9.37. The van der Waals surface area contributed by atoms with Gasteiger partial charge in [0.2, 0.25) is 0 Å². The molecule has 1 aromatic rings. The van der Waals surface area contributed by atoms with Crippen LogP contribution in [-0.4, -0.2) is 12.2 Å². The van der Waals surface area contributed by atoms with Crippen LogP contribution in [0.3, 0.4) is 0 Å². The van der Waals surface area contributed by atoms with Gasteiger partial charge in [0, 0.05) is 12.7 Å². The SMILES string of the molecule is CC.CNc1cc(Cl)c(O)c(Cl)c1. The van der Waals surface area contributed by atoms with E-state index in [0.717, 1.165) is 5.69 Å². The summed E-state index contributed by atoms with van der Waals surface area (Å²) in [5, 5.41) is 12.5. The molecule has 1 rings (SSSR count). The van der Waals surface area contributed by atoms with E-state index in [-0.39, 0.29) is 15.8 Å². The van der Waals surface area contributed by atoms with Crippen LogP contribution in [0.25, 0.3) is 0 Å². The van der Waals surface area contributed by atoms with E-state index in [1.165, 1.54) is 0 Å². The van der Waals surface area contributed by atoms with E-state index in [1.807, 2.05) is 13.8 Å². The Morgan fingerprint density at radius 3 is 1.85 bits per heavy atom. The Bertz CT molecular complexity index is 253. The first kappa shape index (κ1) is 12.4. The highest BCUT2D eigenvalue weighted by molar-refractivity contribution is 6.37. The minimum absolute atomic E-state index is 0.0765. The van der Waals surface area contributed by atoms with Crippen molar-refractivity contribution in [2.75, 3.05) is 12.4 Å². The second-order valence-corrected chi connectivity index (χ2v) is 2.85. The molecule has 0 amide bonds. The van der Waals surface area contributed by atoms with E-state index in [1.54, 1.807) is 19.2 Å². The van der Waals surface area contributed by atoms with Gasteiger partial charge in [-0.25, -0.2) is 0 Å². The van der Waals surface area contributed by atoms with Gasteiger partial charge < -0.3 is 10.4 Å². The van der Waals surface area contributed by atoms with Crippen LogP contribution in [0.15, 0.2) is 12.1 Å². The summed E-state index contributed by atoms with van der Waals surface area (Å²) in [6.45, 7) is 4.00. The summed E-state index contributed by atoms with van der Waals surface area (Å²) in [4.78, 5) is 0. The molecule has 0 aliphatic carbocycles. The normalized spacial score (nSPS) is 8.69. The van der Waals surface area contributed by atoms with Crippen molar-refractivity contribution in [3.63, 3.8) is 0 Å². The minimum atomic E-state index is -0.0765. The van der Waals surface area contributed by atoms with Crippen LogP contribution in [0.5, 0.6) is 5.75 Å². The van der Waals surface area contributed by atoms with E-state index in [0.29, 0.717) is 0 Å². The van der Waals surface area contributed by atoms with Gasteiger partial charge in [0.25, 0.3) is 0 Å². The van der Waals surface area contributed by atoms with E-state index < -0.39 is 0 Å². The molecule has 4 heteroatoms. The fourth-order valence-corrected chi connectivity index (χ4v) is 1.20. The molecule has 0 bridgehead atoms. The second-order valence-electron chi connectivity index (χ2n) is 2.04. The molecule has 0 fully saturated rings. The molecule has 0 aliphatic rings. The summed E-state index contributed by atoms with van der Waals surface area (Å²) in [6.07, 6.45) is 0. The molecule has 1 aromatic carbocycles. The number of phenols is 1. The van der Waals surface area contributed by atoms with Crippen molar-refractivity contribution in [2.45, 2.75) is 13.8 Å². The van der Waals surface area contributed by atoms with Crippen LogP contribution < -0.4 is 5.32 Å². The Labute approximate surface area is 88.5 Å². The van der Waals surface area contributed by atoms with E-state index in [2.05, 4.69) is 5.32 Å². The monoisotopic (exact) mass is 221 g/mol. The number of rotatable bonds is 1. The van der Waals surface area contributed by atoms with Gasteiger partial charge in [-0.1, -0.05) is 37.0 Å². The number of aromatic hydroxyl groups is 1. The van der Waals surface area contributed by atoms with Gasteiger partial charge in [0.05, 0.1) is 10.0 Å². The number of hydrogen-bond donors (Lipinski definition) is 2.